The second-order valence-corrected chi connectivity index (χ2v) is 4.07. The van der Waals surface area contributed by atoms with Gasteiger partial charge in [0.1, 0.15) is 11.3 Å². The number of nitrogens with one attached hydrogen (secondary N) is 1. The van der Waals surface area contributed by atoms with Crippen LogP contribution in [0.2, 0.25) is 0 Å². The molecule has 2 aromatic heterocycles. The molecular weight excluding hydrogens is 246 g/mol. The first-order chi connectivity index (χ1) is 9.24. The zero-order valence-corrected chi connectivity index (χ0v) is 10.8. The molecule has 0 aromatic carbocycles. The first-order valence-corrected chi connectivity index (χ1v) is 6.14. The van der Waals surface area contributed by atoms with Gasteiger partial charge < -0.3 is 15.2 Å². The average molecular weight is 263 g/mol. The van der Waals surface area contributed by atoms with E-state index < -0.39 is 0 Å². The smallest absolute Gasteiger partial charge is 0.270 e. The molecule has 1 amide bonds. The number of rotatable bonds is 6. The Balaban J connectivity index is 2.03. The van der Waals surface area contributed by atoms with E-state index in [1.54, 1.807) is 4.40 Å². The number of aryl methyl sites for hydroxylation is 1. The second-order valence-electron chi connectivity index (χ2n) is 4.07. The maximum absolute atomic E-state index is 12.1. The third-order valence-corrected chi connectivity index (χ3v) is 2.69. The predicted molar refractivity (Wildman–Crippen MR) is 70.2 cm³/mol. The summed E-state index contributed by atoms with van der Waals surface area (Å²) in [4.78, 5) is 16.4. The molecule has 19 heavy (non-hydrogen) atoms. The topological polar surface area (TPSA) is 75.9 Å². The van der Waals surface area contributed by atoms with Gasteiger partial charge >= 0.3 is 0 Å². The number of hydrogen-bond acceptors (Lipinski definition) is 4. The Hall–Kier alpha value is -1.92. The monoisotopic (exact) mass is 263 g/mol. The molecule has 0 saturated carbocycles. The van der Waals surface area contributed by atoms with Crippen molar-refractivity contribution in [2.45, 2.75) is 6.92 Å². The lowest BCUT2D eigenvalue weighted by Gasteiger charge is -2.06. The fraction of sp³-hybridized carbons (Fsp3) is 0.385. The number of pyridine rings is 1. The van der Waals surface area contributed by atoms with Gasteiger partial charge in [-0.05, 0) is 19.1 Å². The Kier molecular flexibility index (Phi) is 4.48. The van der Waals surface area contributed by atoms with Gasteiger partial charge in [0.25, 0.3) is 5.91 Å². The van der Waals surface area contributed by atoms with Crippen LogP contribution in [0.1, 0.15) is 16.2 Å². The summed E-state index contributed by atoms with van der Waals surface area (Å²) in [6.07, 6.45) is 1.81. The molecule has 2 heterocycles. The third-order valence-electron chi connectivity index (χ3n) is 2.69. The van der Waals surface area contributed by atoms with Crippen LogP contribution in [0, 0.1) is 6.92 Å². The number of fused-ring (bicyclic) bond motifs is 1. The number of imidazole rings is 1. The van der Waals surface area contributed by atoms with Crippen LogP contribution in [0.5, 0.6) is 0 Å². The first-order valence-electron chi connectivity index (χ1n) is 6.14. The van der Waals surface area contributed by atoms with E-state index in [9.17, 15) is 4.79 Å². The van der Waals surface area contributed by atoms with Crippen LogP contribution >= 0.6 is 0 Å². The van der Waals surface area contributed by atoms with Gasteiger partial charge in [0, 0.05) is 12.7 Å². The molecule has 102 valence electrons. The van der Waals surface area contributed by atoms with Crippen molar-refractivity contribution in [3.63, 3.8) is 0 Å². The molecule has 2 aromatic rings. The molecule has 0 aliphatic carbocycles. The Bertz CT molecular complexity index is 565. The summed E-state index contributed by atoms with van der Waals surface area (Å²) in [6.45, 7) is 2.86. The molecule has 0 unspecified atom stereocenters. The highest BCUT2D eigenvalue weighted by Gasteiger charge is 2.15. The lowest BCUT2D eigenvalue weighted by atomic mass is 10.3. The lowest BCUT2D eigenvalue weighted by molar-refractivity contribution is 0.0834. The minimum atomic E-state index is -0.177. The molecule has 0 saturated heterocycles. The number of carbonyl (C=O) groups excluding carboxylic acids is 1. The Morgan fingerprint density at radius 1 is 1.47 bits per heavy atom. The van der Waals surface area contributed by atoms with Crippen LogP contribution in [0.15, 0.2) is 24.4 Å². The summed E-state index contributed by atoms with van der Waals surface area (Å²) in [6, 6.07) is 5.59. The fourth-order valence-electron chi connectivity index (χ4n) is 1.87. The van der Waals surface area contributed by atoms with E-state index in [2.05, 4.69) is 10.3 Å². The van der Waals surface area contributed by atoms with Crippen LogP contribution < -0.4 is 5.32 Å². The van der Waals surface area contributed by atoms with Crippen molar-refractivity contribution >= 4 is 11.6 Å². The quantitative estimate of drug-likeness (QED) is 0.739. The second kappa shape index (κ2) is 6.31. The number of carbonyl (C=O) groups is 1. The summed E-state index contributed by atoms with van der Waals surface area (Å²) in [5, 5.41) is 11.3. The molecule has 2 rings (SSSR count). The summed E-state index contributed by atoms with van der Waals surface area (Å²) in [5.74, 6) is -0.177. The largest absolute Gasteiger partial charge is 0.394 e. The molecule has 0 bridgehead atoms. The Labute approximate surface area is 111 Å². The maximum Gasteiger partial charge on any atom is 0.270 e. The molecule has 0 spiro atoms. The van der Waals surface area contributed by atoms with E-state index >= 15 is 0 Å². The Morgan fingerprint density at radius 3 is 3.11 bits per heavy atom. The number of aliphatic hydroxyl groups excluding tert-OH is 1. The van der Waals surface area contributed by atoms with Crippen molar-refractivity contribution in [2.24, 2.45) is 0 Å². The normalized spacial score (nSPS) is 10.8. The number of aliphatic hydroxyl groups is 1. The lowest BCUT2D eigenvalue weighted by Crippen LogP contribution is -2.29. The minimum absolute atomic E-state index is 0.0136. The van der Waals surface area contributed by atoms with E-state index in [1.807, 2.05) is 31.3 Å². The van der Waals surface area contributed by atoms with Gasteiger partial charge in [-0.15, -0.1) is 0 Å². The van der Waals surface area contributed by atoms with E-state index in [0.717, 1.165) is 5.65 Å². The highest BCUT2D eigenvalue weighted by molar-refractivity contribution is 5.94. The molecule has 0 aliphatic heterocycles. The van der Waals surface area contributed by atoms with E-state index in [1.165, 1.54) is 0 Å². The van der Waals surface area contributed by atoms with Crippen molar-refractivity contribution in [3.05, 3.63) is 35.8 Å². The first kappa shape index (κ1) is 13.5. The predicted octanol–water partition coefficient (Wildman–Crippen LogP) is 0.381. The van der Waals surface area contributed by atoms with Gasteiger partial charge in [0.05, 0.1) is 25.5 Å². The van der Waals surface area contributed by atoms with Gasteiger partial charge in [0.15, 0.2) is 0 Å². The van der Waals surface area contributed by atoms with Gasteiger partial charge in [-0.2, -0.15) is 0 Å². The molecule has 6 heteroatoms. The summed E-state index contributed by atoms with van der Waals surface area (Å²) in [7, 11) is 0. The molecule has 0 fully saturated rings. The van der Waals surface area contributed by atoms with Crippen LogP contribution in [0.4, 0.5) is 0 Å². The summed E-state index contributed by atoms with van der Waals surface area (Å²) >= 11 is 0. The number of hydrogen-bond donors (Lipinski definition) is 2. The number of amides is 1. The van der Waals surface area contributed by atoms with Crippen molar-refractivity contribution in [2.75, 3.05) is 26.4 Å². The van der Waals surface area contributed by atoms with Crippen molar-refractivity contribution in [1.82, 2.24) is 14.7 Å². The summed E-state index contributed by atoms with van der Waals surface area (Å²) < 4.78 is 6.84. The van der Waals surface area contributed by atoms with Crippen LogP contribution in [-0.2, 0) is 4.74 Å². The highest BCUT2D eigenvalue weighted by Crippen LogP contribution is 2.11. The molecule has 0 aliphatic rings. The highest BCUT2D eigenvalue weighted by atomic mass is 16.5. The van der Waals surface area contributed by atoms with Crippen molar-refractivity contribution < 1.29 is 14.6 Å². The number of ether oxygens (including phenoxy) is 1. The minimum Gasteiger partial charge on any atom is -0.394 e. The molecule has 0 atom stereocenters. The van der Waals surface area contributed by atoms with Gasteiger partial charge in [-0.3, -0.25) is 9.20 Å². The maximum atomic E-state index is 12.1. The number of nitrogens with zero attached hydrogens (tertiary/aromatic N) is 2. The van der Waals surface area contributed by atoms with Crippen molar-refractivity contribution in [1.29, 1.82) is 0 Å². The van der Waals surface area contributed by atoms with Crippen molar-refractivity contribution in [3.8, 4) is 0 Å². The van der Waals surface area contributed by atoms with Crippen LogP contribution in [0.3, 0.4) is 0 Å². The Morgan fingerprint density at radius 2 is 2.32 bits per heavy atom. The zero-order valence-electron chi connectivity index (χ0n) is 10.8. The standard InChI is InChI=1S/C13H17N3O3/c1-10-12(13(18)14-5-8-19-9-7-17)16-6-3-2-4-11(16)15-10/h2-4,6,17H,5,7-9H2,1H3,(H,14,18). The molecule has 6 nitrogen and oxygen atoms in total. The van der Waals surface area contributed by atoms with E-state index in [0.29, 0.717) is 24.5 Å². The van der Waals surface area contributed by atoms with Gasteiger partial charge in [-0.1, -0.05) is 6.07 Å². The molecular formula is C13H17N3O3. The fourth-order valence-corrected chi connectivity index (χ4v) is 1.87. The van der Waals surface area contributed by atoms with Crippen LogP contribution in [0.25, 0.3) is 5.65 Å². The molecule has 0 radical (unpaired) electrons. The van der Waals surface area contributed by atoms with Gasteiger partial charge in [0.2, 0.25) is 0 Å². The number of aromatic nitrogens is 2. The average Bonchev–Trinajstić information content (AvgIpc) is 2.74. The summed E-state index contributed by atoms with van der Waals surface area (Å²) in [5.41, 5.74) is 1.99. The third kappa shape index (κ3) is 3.10. The van der Waals surface area contributed by atoms with E-state index in [4.69, 9.17) is 9.84 Å². The SMILES string of the molecule is Cc1nc2ccccn2c1C(=O)NCCOCCO. The van der Waals surface area contributed by atoms with E-state index in [-0.39, 0.29) is 19.1 Å². The van der Waals surface area contributed by atoms with Gasteiger partial charge in [-0.25, -0.2) is 4.98 Å². The molecule has 2 N–H and O–H groups in total. The zero-order chi connectivity index (χ0) is 13.7. The van der Waals surface area contributed by atoms with Crippen LogP contribution in [-0.4, -0.2) is 46.8 Å².